The molecule has 5 heteroatoms. The maximum atomic E-state index is 10.8. The van der Waals surface area contributed by atoms with Crippen LogP contribution in [0.2, 0.25) is 0 Å². The van der Waals surface area contributed by atoms with Crippen molar-refractivity contribution in [2.24, 2.45) is 0 Å². The summed E-state index contributed by atoms with van der Waals surface area (Å²) in [6.45, 7) is 3.60. The third-order valence-electron chi connectivity index (χ3n) is 3.44. The number of aliphatic hydroxyl groups is 1. The average Bonchev–Trinajstić information content (AvgIpc) is 2.47. The van der Waals surface area contributed by atoms with Crippen molar-refractivity contribution in [2.45, 2.75) is 6.54 Å². The zero-order valence-electron chi connectivity index (χ0n) is 11.4. The summed E-state index contributed by atoms with van der Waals surface area (Å²) in [5, 5.41) is 17.6. The van der Waals surface area contributed by atoms with Crippen molar-refractivity contribution < 1.29 is 15.0 Å². The number of carboxylic acid groups (broad SMARTS) is 1. The van der Waals surface area contributed by atoms with E-state index in [1.807, 2.05) is 18.2 Å². The molecule has 1 saturated heterocycles. The van der Waals surface area contributed by atoms with Gasteiger partial charge in [-0.15, -0.1) is 0 Å². The van der Waals surface area contributed by atoms with Crippen molar-refractivity contribution in [2.75, 3.05) is 32.8 Å². The highest BCUT2D eigenvalue weighted by atomic mass is 16.4. The van der Waals surface area contributed by atoms with Crippen LogP contribution < -0.4 is 0 Å². The fraction of sp³-hybridized carbons (Fsp3) is 0.400. The number of rotatable bonds is 4. The highest BCUT2D eigenvalue weighted by Gasteiger charge is 2.19. The van der Waals surface area contributed by atoms with Gasteiger partial charge < -0.3 is 15.1 Å². The second-order valence-electron chi connectivity index (χ2n) is 4.87. The van der Waals surface area contributed by atoms with Crippen molar-refractivity contribution in [1.82, 2.24) is 9.80 Å². The summed E-state index contributed by atoms with van der Waals surface area (Å²) in [5.74, 6) is 0. The molecule has 2 N–H and O–H groups in total. The first-order valence-corrected chi connectivity index (χ1v) is 6.75. The summed E-state index contributed by atoms with van der Waals surface area (Å²) in [7, 11) is 0. The summed E-state index contributed by atoms with van der Waals surface area (Å²) in [6, 6.07) is 8.19. The minimum Gasteiger partial charge on any atom is -0.465 e. The minimum atomic E-state index is -0.829. The highest BCUT2D eigenvalue weighted by Crippen LogP contribution is 2.11. The van der Waals surface area contributed by atoms with Gasteiger partial charge in [-0.2, -0.15) is 0 Å². The van der Waals surface area contributed by atoms with Crippen LogP contribution in [-0.4, -0.2) is 58.9 Å². The van der Waals surface area contributed by atoms with Gasteiger partial charge >= 0.3 is 6.09 Å². The Labute approximate surface area is 118 Å². The first-order valence-electron chi connectivity index (χ1n) is 6.75. The number of benzene rings is 1. The molecule has 0 spiro atoms. The van der Waals surface area contributed by atoms with Crippen LogP contribution in [0.1, 0.15) is 11.1 Å². The van der Waals surface area contributed by atoms with Crippen LogP contribution in [-0.2, 0) is 6.54 Å². The number of nitrogens with zero attached hydrogens (tertiary/aromatic N) is 2. The van der Waals surface area contributed by atoms with Gasteiger partial charge in [0.2, 0.25) is 0 Å². The normalized spacial score (nSPS) is 16.8. The third-order valence-corrected chi connectivity index (χ3v) is 3.44. The van der Waals surface area contributed by atoms with E-state index in [2.05, 4.69) is 17.0 Å². The van der Waals surface area contributed by atoms with E-state index >= 15 is 0 Å². The van der Waals surface area contributed by atoms with Gasteiger partial charge in [0.15, 0.2) is 0 Å². The number of amides is 1. The van der Waals surface area contributed by atoms with Crippen LogP contribution in [0, 0.1) is 0 Å². The van der Waals surface area contributed by atoms with Crippen LogP contribution in [0.15, 0.2) is 30.3 Å². The molecule has 20 heavy (non-hydrogen) atoms. The molecular weight excluding hydrogens is 256 g/mol. The van der Waals surface area contributed by atoms with Crippen LogP contribution in [0.5, 0.6) is 0 Å². The van der Waals surface area contributed by atoms with Gasteiger partial charge in [-0.25, -0.2) is 4.79 Å². The predicted molar refractivity (Wildman–Crippen MR) is 77.4 cm³/mol. The zero-order chi connectivity index (χ0) is 14.4. The average molecular weight is 276 g/mol. The zero-order valence-corrected chi connectivity index (χ0v) is 11.4. The lowest BCUT2D eigenvalue weighted by molar-refractivity contribution is 0.103. The van der Waals surface area contributed by atoms with Gasteiger partial charge in [0.1, 0.15) is 0 Å². The second-order valence-corrected chi connectivity index (χ2v) is 4.87. The predicted octanol–water partition coefficient (Wildman–Crippen LogP) is 1.49. The van der Waals surface area contributed by atoms with E-state index in [1.54, 1.807) is 6.08 Å². The lowest BCUT2D eigenvalue weighted by Crippen LogP contribution is -2.47. The molecule has 0 radical (unpaired) electrons. The van der Waals surface area contributed by atoms with Gasteiger partial charge in [-0.3, -0.25) is 4.90 Å². The Morgan fingerprint density at radius 1 is 1.15 bits per heavy atom. The molecule has 0 unspecified atom stereocenters. The molecule has 1 heterocycles. The molecule has 108 valence electrons. The molecule has 1 aliphatic heterocycles. The highest BCUT2D eigenvalue weighted by molar-refractivity contribution is 5.65. The van der Waals surface area contributed by atoms with E-state index in [0.29, 0.717) is 13.1 Å². The number of aliphatic hydroxyl groups excluding tert-OH is 1. The summed E-state index contributed by atoms with van der Waals surface area (Å²) in [5.41, 5.74) is 2.29. The van der Waals surface area contributed by atoms with Crippen molar-refractivity contribution in [3.8, 4) is 0 Å². The molecule has 1 aliphatic rings. The summed E-state index contributed by atoms with van der Waals surface area (Å²) >= 11 is 0. The molecule has 0 aliphatic carbocycles. The van der Waals surface area contributed by atoms with E-state index in [0.717, 1.165) is 25.2 Å². The van der Waals surface area contributed by atoms with Crippen LogP contribution in [0.25, 0.3) is 6.08 Å². The largest absolute Gasteiger partial charge is 0.465 e. The Hall–Kier alpha value is -1.85. The molecule has 0 atom stereocenters. The van der Waals surface area contributed by atoms with E-state index < -0.39 is 6.09 Å². The van der Waals surface area contributed by atoms with Crippen molar-refractivity contribution in [3.63, 3.8) is 0 Å². The smallest absolute Gasteiger partial charge is 0.407 e. The van der Waals surface area contributed by atoms with Gasteiger partial charge in [0.05, 0.1) is 6.61 Å². The fourth-order valence-electron chi connectivity index (χ4n) is 2.28. The van der Waals surface area contributed by atoms with E-state index in [9.17, 15) is 4.79 Å². The quantitative estimate of drug-likeness (QED) is 0.874. The molecular formula is C15H20N2O3. The number of piperazine rings is 1. The van der Waals surface area contributed by atoms with Gasteiger partial charge in [-0.05, 0) is 11.1 Å². The van der Waals surface area contributed by atoms with Crippen LogP contribution in [0.4, 0.5) is 4.79 Å². The molecule has 1 aromatic rings. The van der Waals surface area contributed by atoms with E-state index in [-0.39, 0.29) is 6.61 Å². The van der Waals surface area contributed by atoms with Crippen LogP contribution in [0.3, 0.4) is 0 Å². The van der Waals surface area contributed by atoms with Crippen molar-refractivity contribution >= 4 is 12.2 Å². The first-order chi connectivity index (χ1) is 9.69. The maximum absolute atomic E-state index is 10.8. The lowest BCUT2D eigenvalue weighted by atomic mass is 10.1. The molecule has 0 aromatic heterocycles. The summed E-state index contributed by atoms with van der Waals surface area (Å²) in [6.07, 6.45) is 2.76. The minimum absolute atomic E-state index is 0.0512. The monoisotopic (exact) mass is 276 g/mol. The Morgan fingerprint density at radius 2 is 1.80 bits per heavy atom. The number of hydrogen-bond donors (Lipinski definition) is 2. The maximum Gasteiger partial charge on any atom is 0.407 e. The van der Waals surface area contributed by atoms with Gasteiger partial charge in [0.25, 0.3) is 0 Å². The molecule has 2 rings (SSSR count). The third kappa shape index (κ3) is 4.08. The molecule has 0 saturated carbocycles. The molecule has 1 fully saturated rings. The SMILES string of the molecule is O=C(O)N1CCN(Cc2ccc(/C=C/CO)cc2)CC1. The second kappa shape index (κ2) is 7.07. The van der Waals surface area contributed by atoms with E-state index in [1.165, 1.54) is 10.5 Å². The Morgan fingerprint density at radius 3 is 2.35 bits per heavy atom. The van der Waals surface area contributed by atoms with Crippen LogP contribution >= 0.6 is 0 Å². The van der Waals surface area contributed by atoms with Gasteiger partial charge in [0, 0.05) is 32.7 Å². The summed E-state index contributed by atoms with van der Waals surface area (Å²) in [4.78, 5) is 14.5. The summed E-state index contributed by atoms with van der Waals surface area (Å²) < 4.78 is 0. The Kier molecular flexibility index (Phi) is 5.15. The molecule has 0 bridgehead atoms. The standard InChI is InChI=1S/C15H20N2O3/c18-11-1-2-13-3-5-14(6-4-13)12-16-7-9-17(10-8-16)15(19)20/h1-6,18H,7-12H2,(H,19,20)/b2-1+. The van der Waals surface area contributed by atoms with Crippen molar-refractivity contribution in [1.29, 1.82) is 0 Å². The topological polar surface area (TPSA) is 64.0 Å². The lowest BCUT2D eigenvalue weighted by Gasteiger charge is -2.33. The number of carbonyl (C=O) groups is 1. The fourth-order valence-corrected chi connectivity index (χ4v) is 2.28. The number of hydrogen-bond acceptors (Lipinski definition) is 3. The molecule has 1 aromatic carbocycles. The van der Waals surface area contributed by atoms with Gasteiger partial charge in [-0.1, -0.05) is 36.4 Å². The van der Waals surface area contributed by atoms with Crippen molar-refractivity contribution in [3.05, 3.63) is 41.5 Å². The Bertz CT molecular complexity index is 463. The Balaban J connectivity index is 1.85. The first kappa shape index (κ1) is 14.6. The molecule has 1 amide bonds. The molecule has 5 nitrogen and oxygen atoms in total. The van der Waals surface area contributed by atoms with E-state index in [4.69, 9.17) is 10.2 Å².